The van der Waals surface area contributed by atoms with Crippen LogP contribution in [0.25, 0.3) is 0 Å². The van der Waals surface area contributed by atoms with Crippen molar-refractivity contribution >= 4 is 5.96 Å². The van der Waals surface area contributed by atoms with Gasteiger partial charge in [0.1, 0.15) is 12.4 Å². The lowest BCUT2D eigenvalue weighted by Gasteiger charge is -2.26. The molecule has 0 bridgehead atoms. The molecule has 1 aromatic carbocycles. The Morgan fingerprint density at radius 2 is 2.04 bits per heavy atom. The highest BCUT2D eigenvalue weighted by molar-refractivity contribution is 5.80. The number of hydrogen-bond donors (Lipinski definition) is 2. The first-order chi connectivity index (χ1) is 12.0. The van der Waals surface area contributed by atoms with E-state index in [2.05, 4.69) is 53.4 Å². The number of rotatable bonds is 6. The molecule has 1 heterocycles. The molecule has 0 radical (unpaired) electrons. The van der Waals surface area contributed by atoms with Gasteiger partial charge in [-0.3, -0.25) is 9.89 Å². The lowest BCUT2D eigenvalue weighted by molar-refractivity contribution is 0.0322. The third-order valence-electron chi connectivity index (χ3n) is 3.86. The van der Waals surface area contributed by atoms with Gasteiger partial charge in [-0.05, 0) is 38.5 Å². The van der Waals surface area contributed by atoms with Gasteiger partial charge in [-0.1, -0.05) is 12.1 Å². The normalized spacial score (nSPS) is 16.6. The highest BCUT2D eigenvalue weighted by Crippen LogP contribution is 2.13. The summed E-state index contributed by atoms with van der Waals surface area (Å²) in [7, 11) is 1.78. The maximum absolute atomic E-state index is 5.91. The summed E-state index contributed by atoms with van der Waals surface area (Å²) in [6.07, 6.45) is 0. The zero-order valence-corrected chi connectivity index (χ0v) is 16.0. The lowest BCUT2D eigenvalue weighted by Crippen LogP contribution is -2.47. The number of benzene rings is 1. The summed E-state index contributed by atoms with van der Waals surface area (Å²) in [6.45, 7) is 12.3. The van der Waals surface area contributed by atoms with Gasteiger partial charge in [-0.25, -0.2) is 0 Å². The SMILES string of the molecule is CN=C(NCc1cccc(OCCN2CCOCC2)c1)NC(C)(C)C. The molecule has 0 spiro atoms. The smallest absolute Gasteiger partial charge is 0.191 e. The van der Waals surface area contributed by atoms with Crippen LogP contribution in [0.2, 0.25) is 0 Å². The van der Waals surface area contributed by atoms with E-state index in [0.717, 1.165) is 44.6 Å². The third kappa shape index (κ3) is 7.75. The van der Waals surface area contributed by atoms with E-state index >= 15 is 0 Å². The van der Waals surface area contributed by atoms with Gasteiger partial charge in [0, 0.05) is 38.8 Å². The Hall–Kier alpha value is -1.79. The van der Waals surface area contributed by atoms with E-state index in [1.165, 1.54) is 5.56 Å². The third-order valence-corrected chi connectivity index (χ3v) is 3.86. The van der Waals surface area contributed by atoms with Crippen molar-refractivity contribution in [3.63, 3.8) is 0 Å². The number of aliphatic imine (C=N–C) groups is 1. The molecule has 0 saturated carbocycles. The van der Waals surface area contributed by atoms with Crippen molar-refractivity contribution in [1.82, 2.24) is 15.5 Å². The predicted octanol–water partition coefficient (Wildman–Crippen LogP) is 1.86. The van der Waals surface area contributed by atoms with Gasteiger partial charge in [0.15, 0.2) is 5.96 Å². The van der Waals surface area contributed by atoms with Gasteiger partial charge >= 0.3 is 0 Å². The van der Waals surface area contributed by atoms with Crippen molar-refractivity contribution in [3.8, 4) is 5.75 Å². The van der Waals surface area contributed by atoms with E-state index in [4.69, 9.17) is 9.47 Å². The summed E-state index contributed by atoms with van der Waals surface area (Å²) in [5, 5.41) is 6.69. The Bertz CT molecular complexity index is 549. The molecule has 0 amide bonds. The second-order valence-electron chi connectivity index (χ2n) is 7.25. The summed E-state index contributed by atoms with van der Waals surface area (Å²) in [4.78, 5) is 6.63. The number of morpholine rings is 1. The maximum Gasteiger partial charge on any atom is 0.191 e. The van der Waals surface area contributed by atoms with E-state index < -0.39 is 0 Å². The molecule has 140 valence electrons. The fourth-order valence-corrected chi connectivity index (χ4v) is 2.58. The predicted molar refractivity (Wildman–Crippen MR) is 102 cm³/mol. The maximum atomic E-state index is 5.91. The van der Waals surface area contributed by atoms with Crippen LogP contribution in [-0.2, 0) is 11.3 Å². The molecule has 2 N–H and O–H groups in total. The second kappa shape index (κ2) is 9.63. The molecule has 1 aliphatic heterocycles. The molecule has 1 fully saturated rings. The zero-order valence-electron chi connectivity index (χ0n) is 16.0. The van der Waals surface area contributed by atoms with Gasteiger partial charge < -0.3 is 20.1 Å². The van der Waals surface area contributed by atoms with Crippen molar-refractivity contribution in [2.75, 3.05) is 46.5 Å². The molecule has 1 aromatic rings. The highest BCUT2D eigenvalue weighted by atomic mass is 16.5. The Morgan fingerprint density at radius 3 is 2.72 bits per heavy atom. The van der Waals surface area contributed by atoms with Crippen molar-refractivity contribution in [2.24, 2.45) is 4.99 Å². The van der Waals surface area contributed by atoms with Crippen LogP contribution >= 0.6 is 0 Å². The van der Waals surface area contributed by atoms with Crippen LogP contribution < -0.4 is 15.4 Å². The number of guanidine groups is 1. The molecular weight excluding hydrogens is 316 g/mol. The molecule has 6 nitrogen and oxygen atoms in total. The van der Waals surface area contributed by atoms with Crippen LogP contribution in [0.3, 0.4) is 0 Å². The monoisotopic (exact) mass is 348 g/mol. The molecule has 0 aromatic heterocycles. The first kappa shape index (κ1) is 19.5. The summed E-state index contributed by atoms with van der Waals surface area (Å²) < 4.78 is 11.3. The van der Waals surface area contributed by atoms with E-state index in [0.29, 0.717) is 13.2 Å². The first-order valence-corrected chi connectivity index (χ1v) is 8.97. The van der Waals surface area contributed by atoms with Crippen molar-refractivity contribution in [1.29, 1.82) is 0 Å². The van der Waals surface area contributed by atoms with Crippen LogP contribution in [0, 0.1) is 0 Å². The Balaban J connectivity index is 1.77. The zero-order chi connectivity index (χ0) is 18.1. The van der Waals surface area contributed by atoms with Gasteiger partial charge in [0.25, 0.3) is 0 Å². The van der Waals surface area contributed by atoms with Crippen LogP contribution in [0.1, 0.15) is 26.3 Å². The molecule has 6 heteroatoms. The number of ether oxygens (including phenoxy) is 2. The van der Waals surface area contributed by atoms with Gasteiger partial charge in [-0.15, -0.1) is 0 Å². The van der Waals surface area contributed by atoms with E-state index in [-0.39, 0.29) is 5.54 Å². The summed E-state index contributed by atoms with van der Waals surface area (Å²) >= 11 is 0. The lowest BCUT2D eigenvalue weighted by atomic mass is 10.1. The number of nitrogens with one attached hydrogen (secondary N) is 2. The Morgan fingerprint density at radius 1 is 1.28 bits per heavy atom. The molecular formula is C19H32N4O2. The molecule has 1 saturated heterocycles. The van der Waals surface area contributed by atoms with Crippen LogP contribution in [0.5, 0.6) is 5.75 Å². The molecule has 0 atom stereocenters. The Kier molecular flexibility index (Phi) is 7.52. The van der Waals surface area contributed by atoms with E-state index in [1.807, 2.05) is 12.1 Å². The summed E-state index contributed by atoms with van der Waals surface area (Å²) in [5.41, 5.74) is 1.15. The minimum atomic E-state index is -0.0215. The van der Waals surface area contributed by atoms with Crippen LogP contribution in [0.4, 0.5) is 0 Å². The minimum Gasteiger partial charge on any atom is -0.492 e. The quantitative estimate of drug-likeness (QED) is 0.607. The number of hydrogen-bond acceptors (Lipinski definition) is 4. The minimum absolute atomic E-state index is 0.0215. The molecule has 0 aliphatic carbocycles. The largest absolute Gasteiger partial charge is 0.492 e. The van der Waals surface area contributed by atoms with Crippen LogP contribution in [0.15, 0.2) is 29.3 Å². The first-order valence-electron chi connectivity index (χ1n) is 8.97. The van der Waals surface area contributed by atoms with Crippen molar-refractivity contribution in [2.45, 2.75) is 32.9 Å². The standard InChI is InChI=1S/C19H32N4O2/c1-19(2,3)22-18(20-4)21-15-16-6-5-7-17(14-16)25-13-10-23-8-11-24-12-9-23/h5-7,14H,8-13,15H2,1-4H3,(H2,20,21,22). The molecule has 1 aliphatic rings. The highest BCUT2D eigenvalue weighted by Gasteiger charge is 2.12. The van der Waals surface area contributed by atoms with E-state index in [9.17, 15) is 0 Å². The molecule has 2 rings (SSSR count). The van der Waals surface area contributed by atoms with Gasteiger partial charge in [0.2, 0.25) is 0 Å². The number of nitrogens with zero attached hydrogens (tertiary/aromatic N) is 2. The van der Waals surface area contributed by atoms with Crippen molar-refractivity contribution in [3.05, 3.63) is 29.8 Å². The second-order valence-corrected chi connectivity index (χ2v) is 7.25. The van der Waals surface area contributed by atoms with E-state index in [1.54, 1.807) is 7.05 Å². The molecule has 0 unspecified atom stereocenters. The average molecular weight is 348 g/mol. The fourth-order valence-electron chi connectivity index (χ4n) is 2.58. The summed E-state index contributed by atoms with van der Waals surface area (Å²) in [6, 6.07) is 8.20. The van der Waals surface area contributed by atoms with Crippen LogP contribution in [-0.4, -0.2) is 62.9 Å². The topological polar surface area (TPSA) is 58.1 Å². The fraction of sp³-hybridized carbons (Fsp3) is 0.632. The average Bonchev–Trinajstić information content (AvgIpc) is 2.59. The van der Waals surface area contributed by atoms with Crippen molar-refractivity contribution < 1.29 is 9.47 Å². The molecule has 25 heavy (non-hydrogen) atoms. The van der Waals surface area contributed by atoms with Gasteiger partial charge in [-0.2, -0.15) is 0 Å². The summed E-state index contributed by atoms with van der Waals surface area (Å²) in [5.74, 6) is 1.71. The Labute approximate surface area is 151 Å². The van der Waals surface area contributed by atoms with Gasteiger partial charge in [0.05, 0.1) is 13.2 Å².